The highest BCUT2D eigenvalue weighted by atomic mass is 16.3. The maximum Gasteiger partial charge on any atom is 0.136 e. The summed E-state index contributed by atoms with van der Waals surface area (Å²) in [7, 11) is 0. The second-order valence-electron chi connectivity index (χ2n) is 13.2. The Morgan fingerprint density at radius 1 is 0.245 bits per heavy atom. The molecule has 0 aliphatic carbocycles. The standard InChI is InChI=1S/C48H28O/c1-2-12-30-25-31(22-21-29(30)11-1)47-37-16-5-7-18-39(37)48(40-19-8-6-17-38(40)47)32-23-24-35-41(26-32)33-13-3-4-14-34(33)42-27-44-36-15-9-10-20-45(36)49-46(44)28-43(35)42/h1-28H. The van der Waals surface area contributed by atoms with Gasteiger partial charge in [0.2, 0.25) is 0 Å². The van der Waals surface area contributed by atoms with E-state index in [0.29, 0.717) is 0 Å². The van der Waals surface area contributed by atoms with E-state index in [1.165, 1.54) is 86.9 Å². The molecule has 0 N–H and O–H groups in total. The number of furan rings is 1. The Hall–Kier alpha value is -6.44. The molecule has 0 radical (unpaired) electrons. The van der Waals surface area contributed by atoms with Crippen molar-refractivity contribution in [3.63, 3.8) is 0 Å². The van der Waals surface area contributed by atoms with Crippen molar-refractivity contribution in [1.82, 2.24) is 0 Å². The Labute approximate surface area is 282 Å². The minimum atomic E-state index is 0.926. The van der Waals surface area contributed by atoms with Crippen molar-refractivity contribution in [2.75, 3.05) is 0 Å². The van der Waals surface area contributed by atoms with Crippen LogP contribution in [0.3, 0.4) is 0 Å². The van der Waals surface area contributed by atoms with E-state index in [2.05, 4.69) is 164 Å². The second-order valence-corrected chi connectivity index (χ2v) is 13.2. The zero-order chi connectivity index (χ0) is 32.1. The molecule has 1 heteroatoms. The normalized spacial score (nSPS) is 12.1. The van der Waals surface area contributed by atoms with Crippen LogP contribution in [-0.4, -0.2) is 0 Å². The molecule has 1 heterocycles. The first-order chi connectivity index (χ1) is 24.3. The number of fused-ring (bicyclic) bond motifs is 12. The molecule has 0 aliphatic rings. The van der Waals surface area contributed by atoms with Gasteiger partial charge in [-0.25, -0.2) is 0 Å². The quantitative estimate of drug-likeness (QED) is 0.138. The first kappa shape index (κ1) is 26.6. The van der Waals surface area contributed by atoms with Gasteiger partial charge < -0.3 is 4.42 Å². The fourth-order valence-electron chi connectivity index (χ4n) is 8.42. The first-order valence-electron chi connectivity index (χ1n) is 16.9. The third-order valence-corrected chi connectivity index (χ3v) is 10.6. The summed E-state index contributed by atoms with van der Waals surface area (Å²) in [5.74, 6) is 0. The fraction of sp³-hybridized carbons (Fsp3) is 0. The molecule has 1 aromatic heterocycles. The van der Waals surface area contributed by atoms with E-state index in [-0.39, 0.29) is 0 Å². The zero-order valence-corrected chi connectivity index (χ0v) is 26.6. The van der Waals surface area contributed by atoms with E-state index < -0.39 is 0 Å². The Morgan fingerprint density at radius 2 is 0.714 bits per heavy atom. The summed E-state index contributed by atoms with van der Waals surface area (Å²) in [6.07, 6.45) is 0. The van der Waals surface area contributed by atoms with Gasteiger partial charge in [-0.05, 0) is 117 Å². The Bertz CT molecular complexity index is 3100. The Kier molecular flexibility index (Phi) is 5.45. The summed E-state index contributed by atoms with van der Waals surface area (Å²) in [6, 6.07) is 62.2. The molecule has 0 amide bonds. The van der Waals surface area contributed by atoms with Crippen molar-refractivity contribution in [1.29, 1.82) is 0 Å². The lowest BCUT2D eigenvalue weighted by Crippen LogP contribution is -1.91. The van der Waals surface area contributed by atoms with Crippen molar-refractivity contribution in [3.05, 3.63) is 170 Å². The lowest BCUT2D eigenvalue weighted by atomic mass is 9.84. The molecule has 0 bridgehead atoms. The van der Waals surface area contributed by atoms with Gasteiger partial charge in [0, 0.05) is 10.8 Å². The third-order valence-electron chi connectivity index (χ3n) is 10.6. The predicted molar refractivity (Wildman–Crippen MR) is 210 cm³/mol. The highest BCUT2D eigenvalue weighted by Crippen LogP contribution is 2.46. The average Bonchev–Trinajstić information content (AvgIpc) is 3.53. The van der Waals surface area contributed by atoms with Gasteiger partial charge in [0.25, 0.3) is 0 Å². The molecule has 0 atom stereocenters. The third kappa shape index (κ3) is 3.82. The lowest BCUT2D eigenvalue weighted by Gasteiger charge is -2.19. The van der Waals surface area contributed by atoms with Crippen LogP contribution in [0.4, 0.5) is 0 Å². The molecular formula is C48H28O. The van der Waals surface area contributed by atoms with Crippen LogP contribution >= 0.6 is 0 Å². The van der Waals surface area contributed by atoms with Crippen LogP contribution in [0.15, 0.2) is 174 Å². The molecular weight excluding hydrogens is 593 g/mol. The van der Waals surface area contributed by atoms with Crippen molar-refractivity contribution in [3.8, 4) is 22.3 Å². The maximum atomic E-state index is 6.38. The molecule has 11 aromatic rings. The highest BCUT2D eigenvalue weighted by molar-refractivity contribution is 6.29. The minimum absolute atomic E-state index is 0.926. The van der Waals surface area contributed by atoms with Crippen molar-refractivity contribution in [2.24, 2.45) is 0 Å². The summed E-state index contributed by atoms with van der Waals surface area (Å²) >= 11 is 0. The van der Waals surface area contributed by atoms with Gasteiger partial charge in [0.15, 0.2) is 0 Å². The highest BCUT2D eigenvalue weighted by Gasteiger charge is 2.19. The first-order valence-corrected chi connectivity index (χ1v) is 16.9. The molecule has 0 spiro atoms. The van der Waals surface area contributed by atoms with Gasteiger partial charge in [0.1, 0.15) is 11.2 Å². The molecule has 11 rings (SSSR count). The monoisotopic (exact) mass is 620 g/mol. The Balaban J connectivity index is 1.23. The van der Waals surface area contributed by atoms with Crippen LogP contribution < -0.4 is 0 Å². The van der Waals surface area contributed by atoms with Crippen molar-refractivity contribution in [2.45, 2.75) is 0 Å². The van der Waals surface area contributed by atoms with Gasteiger partial charge in [-0.3, -0.25) is 0 Å². The van der Waals surface area contributed by atoms with E-state index in [0.717, 1.165) is 21.9 Å². The summed E-state index contributed by atoms with van der Waals surface area (Å²) in [4.78, 5) is 0. The number of hydrogen-bond acceptors (Lipinski definition) is 1. The van der Waals surface area contributed by atoms with Gasteiger partial charge >= 0.3 is 0 Å². The molecule has 10 aromatic carbocycles. The van der Waals surface area contributed by atoms with Crippen LogP contribution in [0.25, 0.3) is 109 Å². The van der Waals surface area contributed by atoms with E-state index in [1.54, 1.807) is 0 Å². The van der Waals surface area contributed by atoms with Crippen molar-refractivity contribution < 1.29 is 4.42 Å². The SMILES string of the molecule is c1ccc2cc(-c3c4ccccc4c(-c4ccc5c(c4)c4ccccc4c4cc6c(cc54)oc4ccccc46)c4ccccc34)ccc2c1. The average molecular weight is 621 g/mol. The van der Waals surface area contributed by atoms with E-state index in [4.69, 9.17) is 4.42 Å². The van der Waals surface area contributed by atoms with Crippen LogP contribution in [0.5, 0.6) is 0 Å². The molecule has 1 nitrogen and oxygen atoms in total. The minimum Gasteiger partial charge on any atom is -0.456 e. The van der Waals surface area contributed by atoms with Gasteiger partial charge in [0.05, 0.1) is 0 Å². The number of hydrogen-bond donors (Lipinski definition) is 0. The van der Waals surface area contributed by atoms with Crippen LogP contribution in [0, 0.1) is 0 Å². The molecule has 0 fully saturated rings. The predicted octanol–water partition coefficient (Wildman–Crippen LogP) is 13.8. The summed E-state index contributed by atoms with van der Waals surface area (Å²) < 4.78 is 6.38. The van der Waals surface area contributed by atoms with Gasteiger partial charge in [-0.2, -0.15) is 0 Å². The lowest BCUT2D eigenvalue weighted by molar-refractivity contribution is 0.669. The van der Waals surface area contributed by atoms with E-state index in [9.17, 15) is 0 Å². The zero-order valence-electron chi connectivity index (χ0n) is 26.6. The summed E-state index contributed by atoms with van der Waals surface area (Å²) in [6.45, 7) is 0. The molecule has 226 valence electrons. The molecule has 49 heavy (non-hydrogen) atoms. The van der Waals surface area contributed by atoms with Gasteiger partial charge in [-0.15, -0.1) is 0 Å². The molecule has 0 unspecified atom stereocenters. The topological polar surface area (TPSA) is 13.1 Å². The van der Waals surface area contributed by atoms with Crippen molar-refractivity contribution >= 4 is 86.6 Å². The van der Waals surface area contributed by atoms with Gasteiger partial charge in [-0.1, -0.05) is 140 Å². The fourth-order valence-corrected chi connectivity index (χ4v) is 8.42. The van der Waals surface area contributed by atoms with Crippen LogP contribution in [0.1, 0.15) is 0 Å². The smallest absolute Gasteiger partial charge is 0.136 e. The van der Waals surface area contributed by atoms with Crippen LogP contribution in [-0.2, 0) is 0 Å². The van der Waals surface area contributed by atoms with E-state index in [1.807, 2.05) is 6.07 Å². The Morgan fingerprint density at radius 3 is 1.39 bits per heavy atom. The molecule has 0 saturated heterocycles. The second kappa shape index (κ2) is 10.0. The number of rotatable bonds is 2. The van der Waals surface area contributed by atoms with E-state index >= 15 is 0 Å². The summed E-state index contributed by atoms with van der Waals surface area (Å²) in [5.41, 5.74) is 6.87. The number of benzene rings is 10. The van der Waals surface area contributed by atoms with Crippen LogP contribution in [0.2, 0.25) is 0 Å². The molecule has 0 saturated carbocycles. The maximum absolute atomic E-state index is 6.38. The molecule has 0 aliphatic heterocycles. The largest absolute Gasteiger partial charge is 0.456 e. The summed E-state index contributed by atoms with van der Waals surface area (Å²) in [5, 5.41) is 17.4. The number of para-hydroxylation sites is 1.